The number of carbonyl (C=O) groups excluding carboxylic acids is 2. The van der Waals surface area contributed by atoms with Crippen molar-refractivity contribution in [1.29, 1.82) is 0 Å². The first kappa shape index (κ1) is 25.1. The summed E-state index contributed by atoms with van der Waals surface area (Å²) >= 11 is 11.9. The summed E-state index contributed by atoms with van der Waals surface area (Å²) < 4.78 is 11.8. The first-order valence-corrected chi connectivity index (χ1v) is 11.8. The summed E-state index contributed by atoms with van der Waals surface area (Å²) in [6, 6.07) is 4.82. The lowest BCUT2D eigenvalue weighted by Gasteiger charge is -2.44. The zero-order chi connectivity index (χ0) is 23.1. The molecule has 32 heavy (non-hydrogen) atoms. The Morgan fingerprint density at radius 1 is 1.19 bits per heavy atom. The summed E-state index contributed by atoms with van der Waals surface area (Å²) in [5.74, 6) is -0.126. The molecule has 0 aliphatic carbocycles. The minimum absolute atomic E-state index is 0.126. The fourth-order valence-corrected chi connectivity index (χ4v) is 4.36. The molecule has 0 bridgehead atoms. The molecule has 3 amide bonds. The highest BCUT2D eigenvalue weighted by atomic mass is 35.5. The van der Waals surface area contributed by atoms with Gasteiger partial charge in [0, 0.05) is 13.1 Å². The van der Waals surface area contributed by atoms with E-state index in [9.17, 15) is 14.7 Å². The predicted molar refractivity (Wildman–Crippen MR) is 122 cm³/mol. The highest BCUT2D eigenvalue weighted by Crippen LogP contribution is 2.28. The quantitative estimate of drug-likeness (QED) is 0.572. The molecule has 3 N–H and O–H groups in total. The lowest BCUT2D eigenvalue weighted by atomic mass is 9.95. The van der Waals surface area contributed by atoms with Crippen molar-refractivity contribution in [1.82, 2.24) is 15.5 Å². The van der Waals surface area contributed by atoms with Crippen LogP contribution in [0.2, 0.25) is 10.0 Å². The second kappa shape index (κ2) is 12.0. The van der Waals surface area contributed by atoms with Gasteiger partial charge in [-0.05, 0) is 37.0 Å². The average molecular weight is 488 g/mol. The van der Waals surface area contributed by atoms with E-state index in [0.717, 1.165) is 12.0 Å². The van der Waals surface area contributed by atoms with Gasteiger partial charge >= 0.3 is 6.03 Å². The summed E-state index contributed by atoms with van der Waals surface area (Å²) in [5, 5.41) is 16.8. The maximum Gasteiger partial charge on any atom is 0.317 e. The summed E-state index contributed by atoms with van der Waals surface area (Å²) in [4.78, 5) is 26.8. The normalized spacial score (nSPS) is 25.9. The molecule has 3 rings (SSSR count). The molecule has 1 aromatic rings. The SMILES string of the molecule is CCCNC(=O)N1C[C@@H](O)COC[C@H]2O[C@@H](CC(=O)NCc3ccc(Cl)c(Cl)c3)CC[C@@H]21. The zero-order valence-corrected chi connectivity index (χ0v) is 19.7. The Kier molecular flexibility index (Phi) is 9.43. The number of urea groups is 1. The summed E-state index contributed by atoms with van der Waals surface area (Å²) in [6.07, 6.45) is 0.994. The van der Waals surface area contributed by atoms with Crippen molar-refractivity contribution in [3.63, 3.8) is 0 Å². The van der Waals surface area contributed by atoms with Crippen molar-refractivity contribution in [3.05, 3.63) is 33.8 Å². The Morgan fingerprint density at radius 3 is 2.75 bits per heavy atom. The highest BCUT2D eigenvalue weighted by molar-refractivity contribution is 6.42. The van der Waals surface area contributed by atoms with Crippen LogP contribution in [0.3, 0.4) is 0 Å². The van der Waals surface area contributed by atoms with Crippen LogP contribution < -0.4 is 10.6 Å². The smallest absolute Gasteiger partial charge is 0.317 e. The molecule has 178 valence electrons. The van der Waals surface area contributed by atoms with E-state index in [1.807, 2.05) is 13.0 Å². The minimum Gasteiger partial charge on any atom is -0.389 e. The zero-order valence-electron chi connectivity index (χ0n) is 18.2. The lowest BCUT2D eigenvalue weighted by molar-refractivity contribution is -0.150. The fraction of sp³-hybridized carbons (Fsp3) is 0.636. The van der Waals surface area contributed by atoms with Crippen molar-refractivity contribution < 1.29 is 24.2 Å². The van der Waals surface area contributed by atoms with E-state index < -0.39 is 6.10 Å². The summed E-state index contributed by atoms with van der Waals surface area (Å²) in [7, 11) is 0. The Morgan fingerprint density at radius 2 is 2.00 bits per heavy atom. The second-order valence-corrected chi connectivity index (χ2v) is 9.06. The molecule has 2 saturated heterocycles. The molecular formula is C22H31Cl2N3O5. The van der Waals surface area contributed by atoms with Gasteiger partial charge in [-0.3, -0.25) is 4.79 Å². The number of nitrogens with zero attached hydrogens (tertiary/aromatic N) is 1. The van der Waals surface area contributed by atoms with Gasteiger partial charge in [-0.25, -0.2) is 4.79 Å². The molecule has 0 aromatic heterocycles. The van der Waals surface area contributed by atoms with Gasteiger partial charge in [-0.15, -0.1) is 0 Å². The van der Waals surface area contributed by atoms with E-state index in [1.54, 1.807) is 17.0 Å². The maximum atomic E-state index is 12.7. The van der Waals surface area contributed by atoms with Crippen LogP contribution in [0, 0.1) is 0 Å². The van der Waals surface area contributed by atoms with Gasteiger partial charge in [0.25, 0.3) is 0 Å². The minimum atomic E-state index is -0.742. The van der Waals surface area contributed by atoms with Crippen molar-refractivity contribution in [3.8, 4) is 0 Å². The van der Waals surface area contributed by atoms with Crippen LogP contribution in [0.25, 0.3) is 0 Å². The number of ether oxygens (including phenoxy) is 2. The largest absolute Gasteiger partial charge is 0.389 e. The van der Waals surface area contributed by atoms with Gasteiger partial charge in [0.1, 0.15) is 6.10 Å². The van der Waals surface area contributed by atoms with Crippen molar-refractivity contribution in [2.75, 3.05) is 26.3 Å². The van der Waals surface area contributed by atoms with Crippen LogP contribution in [0.1, 0.15) is 38.2 Å². The Balaban J connectivity index is 1.55. The number of rotatable bonds is 6. The third-order valence-corrected chi connectivity index (χ3v) is 6.39. The van der Waals surface area contributed by atoms with Gasteiger partial charge in [0.15, 0.2) is 0 Å². The predicted octanol–water partition coefficient (Wildman–Crippen LogP) is 2.73. The number of aliphatic hydroxyl groups excluding tert-OH is 1. The number of benzene rings is 1. The third-order valence-electron chi connectivity index (χ3n) is 5.65. The Bertz CT molecular complexity index is 797. The molecule has 2 heterocycles. The van der Waals surface area contributed by atoms with Gasteiger partial charge in [-0.2, -0.15) is 0 Å². The van der Waals surface area contributed by atoms with Crippen LogP contribution in [0.4, 0.5) is 4.79 Å². The van der Waals surface area contributed by atoms with Crippen molar-refractivity contribution >= 4 is 35.1 Å². The van der Waals surface area contributed by atoms with Gasteiger partial charge in [0.2, 0.25) is 5.91 Å². The van der Waals surface area contributed by atoms with E-state index in [4.69, 9.17) is 32.7 Å². The number of aliphatic hydroxyl groups is 1. The molecule has 8 nitrogen and oxygen atoms in total. The van der Waals surface area contributed by atoms with Crippen LogP contribution in [-0.2, 0) is 20.8 Å². The molecule has 2 fully saturated rings. The molecule has 0 radical (unpaired) electrons. The number of hydrogen-bond acceptors (Lipinski definition) is 5. The maximum absolute atomic E-state index is 12.7. The number of amides is 3. The standard InChI is InChI=1S/C22H31Cl2N3O5/c1-2-7-25-22(30)27-11-15(28)12-31-13-20-19(27)6-4-16(32-20)9-21(29)26-10-14-3-5-17(23)18(24)8-14/h3,5,8,15-16,19-20,28H,2,4,6-7,9-13H2,1H3,(H,25,30)(H,26,29)/t15-,16-,19+,20-/m1/s1. The molecule has 2 aliphatic heterocycles. The Hall–Kier alpha value is -1.58. The molecular weight excluding hydrogens is 457 g/mol. The summed E-state index contributed by atoms with van der Waals surface area (Å²) in [6.45, 7) is 3.50. The van der Waals surface area contributed by atoms with E-state index in [-0.39, 0.29) is 56.4 Å². The number of nitrogens with one attached hydrogen (secondary N) is 2. The number of hydrogen-bond donors (Lipinski definition) is 3. The monoisotopic (exact) mass is 487 g/mol. The fourth-order valence-electron chi connectivity index (χ4n) is 4.04. The van der Waals surface area contributed by atoms with Crippen molar-refractivity contribution in [2.24, 2.45) is 0 Å². The number of carbonyl (C=O) groups is 2. The number of β-amino-alcohol motifs (C(OH)–C–C–N with tert-alkyl or cyclic N) is 1. The van der Waals surface area contributed by atoms with Crippen LogP contribution in [0.5, 0.6) is 0 Å². The molecule has 4 atom stereocenters. The number of halogens is 2. The van der Waals surface area contributed by atoms with Crippen LogP contribution >= 0.6 is 23.2 Å². The highest BCUT2D eigenvalue weighted by Gasteiger charge is 2.39. The first-order chi connectivity index (χ1) is 15.4. The van der Waals surface area contributed by atoms with Gasteiger partial charge in [-0.1, -0.05) is 36.2 Å². The molecule has 0 unspecified atom stereocenters. The lowest BCUT2D eigenvalue weighted by Crippen LogP contribution is -2.59. The van der Waals surface area contributed by atoms with Crippen LogP contribution in [0.15, 0.2) is 18.2 Å². The number of fused-ring (bicyclic) bond motifs is 1. The molecule has 1 aromatic carbocycles. The van der Waals surface area contributed by atoms with Gasteiger partial charge < -0.3 is 30.1 Å². The average Bonchev–Trinajstić information content (AvgIpc) is 2.76. The third kappa shape index (κ3) is 6.96. The molecule has 2 aliphatic rings. The van der Waals surface area contributed by atoms with E-state index >= 15 is 0 Å². The molecule has 0 saturated carbocycles. The second-order valence-electron chi connectivity index (χ2n) is 8.25. The summed E-state index contributed by atoms with van der Waals surface area (Å²) in [5.41, 5.74) is 0.859. The van der Waals surface area contributed by atoms with Gasteiger partial charge in [0.05, 0.1) is 54.5 Å². The molecule has 0 spiro atoms. The van der Waals surface area contributed by atoms with E-state index in [1.165, 1.54) is 0 Å². The van der Waals surface area contributed by atoms with E-state index in [2.05, 4.69) is 10.6 Å². The Labute approximate surface area is 198 Å². The van der Waals surface area contributed by atoms with E-state index in [0.29, 0.717) is 36.0 Å². The molecule has 10 heteroatoms. The first-order valence-electron chi connectivity index (χ1n) is 11.0. The topological polar surface area (TPSA) is 100 Å². The van der Waals surface area contributed by atoms with Crippen LogP contribution in [-0.4, -0.2) is 72.6 Å². The van der Waals surface area contributed by atoms with Crippen molar-refractivity contribution in [2.45, 2.75) is 63.5 Å².